The maximum absolute atomic E-state index is 14.3. The minimum atomic E-state index is -1.17. The van der Waals surface area contributed by atoms with E-state index in [1.165, 1.54) is 0 Å². The zero-order valence-electron chi connectivity index (χ0n) is 7.87. The Bertz CT molecular complexity index is 304. The van der Waals surface area contributed by atoms with E-state index in [4.69, 9.17) is 5.11 Å². The maximum Gasteiger partial charge on any atom is 0.137 e. The van der Waals surface area contributed by atoms with Crippen molar-refractivity contribution in [2.45, 2.75) is 18.5 Å². The summed E-state index contributed by atoms with van der Waals surface area (Å²) in [5.74, 6) is 1.97. The highest BCUT2D eigenvalue weighted by Gasteiger charge is 2.33. The molecule has 14 heavy (non-hydrogen) atoms. The molecular weight excluding hydrogens is 199 g/mol. The molecule has 1 fully saturated rings. The molecule has 76 valence electrons. The predicted molar refractivity (Wildman–Crippen MR) is 57.5 cm³/mol. The van der Waals surface area contributed by atoms with Gasteiger partial charge < -0.3 is 5.11 Å². The van der Waals surface area contributed by atoms with Crippen LogP contribution in [0.5, 0.6) is 5.75 Å². The summed E-state index contributed by atoms with van der Waals surface area (Å²) in [6.45, 7) is 0. The van der Waals surface area contributed by atoms with Crippen LogP contribution >= 0.6 is 11.8 Å². The van der Waals surface area contributed by atoms with Crippen LogP contribution in [-0.4, -0.2) is 16.6 Å². The van der Waals surface area contributed by atoms with Gasteiger partial charge in [0.15, 0.2) is 0 Å². The topological polar surface area (TPSA) is 20.2 Å². The van der Waals surface area contributed by atoms with Crippen molar-refractivity contribution in [3.63, 3.8) is 0 Å². The van der Waals surface area contributed by atoms with Gasteiger partial charge in [0.2, 0.25) is 0 Å². The summed E-state index contributed by atoms with van der Waals surface area (Å²) in [4.78, 5) is 0. The number of hydrogen-bond acceptors (Lipinski definition) is 2. The van der Waals surface area contributed by atoms with Crippen LogP contribution in [0.25, 0.3) is 0 Å². The van der Waals surface area contributed by atoms with E-state index in [2.05, 4.69) is 0 Å². The number of phenols is 1. The fourth-order valence-corrected chi connectivity index (χ4v) is 2.88. The van der Waals surface area contributed by atoms with Gasteiger partial charge in [-0.05, 0) is 42.0 Å². The molecule has 1 nitrogen and oxygen atoms in total. The minimum absolute atomic E-state index is 0.197. The van der Waals surface area contributed by atoms with Crippen molar-refractivity contribution in [2.24, 2.45) is 0 Å². The Kier molecular flexibility index (Phi) is 2.68. The lowest BCUT2D eigenvalue weighted by Crippen LogP contribution is -2.25. The zero-order chi connectivity index (χ0) is 10.0. The van der Waals surface area contributed by atoms with Gasteiger partial charge in [-0.3, -0.25) is 0 Å². The summed E-state index contributed by atoms with van der Waals surface area (Å²) in [5.41, 5.74) is -0.463. The highest BCUT2D eigenvalue weighted by molar-refractivity contribution is 7.99. The highest BCUT2D eigenvalue weighted by Crippen LogP contribution is 2.39. The Morgan fingerprint density at radius 1 is 1.14 bits per heavy atom. The van der Waals surface area contributed by atoms with Crippen LogP contribution in [0.3, 0.4) is 0 Å². The fourth-order valence-electron chi connectivity index (χ4n) is 1.74. The number of rotatable bonds is 1. The third-order valence-electron chi connectivity index (χ3n) is 2.67. The van der Waals surface area contributed by atoms with E-state index in [-0.39, 0.29) is 5.75 Å². The van der Waals surface area contributed by atoms with Gasteiger partial charge in [0.1, 0.15) is 11.4 Å². The zero-order valence-corrected chi connectivity index (χ0v) is 8.69. The minimum Gasteiger partial charge on any atom is -0.508 e. The van der Waals surface area contributed by atoms with E-state index in [0.717, 1.165) is 11.5 Å². The molecular formula is C11H13FOS. The monoisotopic (exact) mass is 212 g/mol. The Balaban J connectivity index is 2.23. The van der Waals surface area contributed by atoms with Gasteiger partial charge in [-0.25, -0.2) is 4.39 Å². The van der Waals surface area contributed by atoms with Crippen LogP contribution in [0.1, 0.15) is 18.4 Å². The summed E-state index contributed by atoms with van der Waals surface area (Å²) in [5, 5.41) is 9.11. The van der Waals surface area contributed by atoms with E-state index < -0.39 is 5.67 Å². The lowest BCUT2D eigenvalue weighted by atomic mass is 9.90. The van der Waals surface area contributed by atoms with Gasteiger partial charge in [-0.15, -0.1) is 0 Å². The molecule has 1 aliphatic rings. The lowest BCUT2D eigenvalue weighted by Gasteiger charge is -2.29. The Labute approximate surface area is 87.3 Å². The van der Waals surface area contributed by atoms with E-state index in [1.54, 1.807) is 36.0 Å². The number of hydrogen-bond donors (Lipinski definition) is 1. The summed E-state index contributed by atoms with van der Waals surface area (Å²) in [6, 6.07) is 6.48. The van der Waals surface area contributed by atoms with Crippen molar-refractivity contribution in [2.75, 3.05) is 11.5 Å². The third kappa shape index (κ3) is 1.87. The molecule has 1 heterocycles. The first-order valence-electron chi connectivity index (χ1n) is 4.77. The van der Waals surface area contributed by atoms with Crippen LogP contribution < -0.4 is 0 Å². The van der Waals surface area contributed by atoms with Crippen LogP contribution in [0, 0.1) is 0 Å². The molecule has 1 aromatic carbocycles. The first kappa shape index (κ1) is 9.84. The number of thioether (sulfide) groups is 1. The molecule has 1 aromatic rings. The molecule has 0 radical (unpaired) electrons. The Morgan fingerprint density at radius 3 is 2.29 bits per heavy atom. The Hall–Kier alpha value is -0.700. The normalized spacial score (nSPS) is 20.6. The number of alkyl halides is 1. The van der Waals surface area contributed by atoms with Crippen molar-refractivity contribution >= 4 is 11.8 Å². The first-order chi connectivity index (χ1) is 6.71. The Morgan fingerprint density at radius 2 is 1.71 bits per heavy atom. The van der Waals surface area contributed by atoms with Crippen molar-refractivity contribution in [1.82, 2.24) is 0 Å². The van der Waals surface area contributed by atoms with Gasteiger partial charge >= 0.3 is 0 Å². The summed E-state index contributed by atoms with van der Waals surface area (Å²) in [6.07, 6.45) is 1.17. The van der Waals surface area contributed by atoms with Gasteiger partial charge in [-0.1, -0.05) is 12.1 Å². The third-order valence-corrected chi connectivity index (χ3v) is 3.66. The number of phenolic OH excluding ortho intramolecular Hbond substituents is 1. The van der Waals surface area contributed by atoms with Gasteiger partial charge in [0.25, 0.3) is 0 Å². The molecule has 0 saturated carbocycles. The largest absolute Gasteiger partial charge is 0.508 e. The molecule has 1 N–H and O–H groups in total. The van der Waals surface area contributed by atoms with Crippen LogP contribution in [0.4, 0.5) is 4.39 Å². The first-order valence-corrected chi connectivity index (χ1v) is 5.92. The molecule has 0 bridgehead atoms. The smallest absolute Gasteiger partial charge is 0.137 e. The number of halogens is 1. The molecule has 0 amide bonds. The molecule has 0 unspecified atom stereocenters. The van der Waals surface area contributed by atoms with E-state index in [1.807, 2.05) is 0 Å². The summed E-state index contributed by atoms with van der Waals surface area (Å²) in [7, 11) is 0. The molecule has 0 atom stereocenters. The van der Waals surface area contributed by atoms with Crippen LogP contribution in [0.2, 0.25) is 0 Å². The number of benzene rings is 1. The van der Waals surface area contributed by atoms with E-state index >= 15 is 0 Å². The SMILES string of the molecule is Oc1ccc(C2(F)CCSCC2)cc1. The highest BCUT2D eigenvalue weighted by atomic mass is 32.2. The summed E-state index contributed by atoms with van der Waals surface area (Å²) < 4.78 is 14.3. The van der Waals surface area contributed by atoms with Gasteiger partial charge in [-0.2, -0.15) is 11.8 Å². The van der Waals surface area contributed by atoms with Crippen molar-refractivity contribution < 1.29 is 9.50 Å². The molecule has 2 rings (SSSR count). The summed E-state index contributed by atoms with van der Waals surface area (Å²) >= 11 is 1.81. The second-order valence-electron chi connectivity index (χ2n) is 3.62. The molecule has 0 spiro atoms. The number of aromatic hydroxyl groups is 1. The molecule has 1 aliphatic heterocycles. The van der Waals surface area contributed by atoms with E-state index in [0.29, 0.717) is 18.4 Å². The van der Waals surface area contributed by atoms with Gasteiger partial charge in [0.05, 0.1) is 0 Å². The second-order valence-corrected chi connectivity index (χ2v) is 4.85. The molecule has 3 heteroatoms. The lowest BCUT2D eigenvalue weighted by molar-refractivity contribution is 0.151. The average Bonchev–Trinajstić information content (AvgIpc) is 2.19. The van der Waals surface area contributed by atoms with Gasteiger partial charge in [0, 0.05) is 0 Å². The maximum atomic E-state index is 14.3. The molecule has 0 aromatic heterocycles. The second kappa shape index (κ2) is 3.81. The predicted octanol–water partition coefficient (Wildman–Crippen LogP) is 3.08. The van der Waals surface area contributed by atoms with E-state index in [9.17, 15) is 4.39 Å². The quantitative estimate of drug-likeness (QED) is 0.772. The fraction of sp³-hybridized carbons (Fsp3) is 0.455. The molecule has 0 aliphatic carbocycles. The average molecular weight is 212 g/mol. The molecule has 1 saturated heterocycles. The van der Waals surface area contributed by atoms with Crippen molar-refractivity contribution in [1.29, 1.82) is 0 Å². The standard InChI is InChI=1S/C11H13FOS/c12-11(5-7-14-8-6-11)9-1-3-10(13)4-2-9/h1-4,13H,5-8H2. The van der Waals surface area contributed by atoms with Crippen LogP contribution in [-0.2, 0) is 5.67 Å². The van der Waals surface area contributed by atoms with Crippen molar-refractivity contribution in [3.8, 4) is 5.75 Å². The van der Waals surface area contributed by atoms with Crippen molar-refractivity contribution in [3.05, 3.63) is 29.8 Å². The van der Waals surface area contributed by atoms with Crippen LogP contribution in [0.15, 0.2) is 24.3 Å².